The van der Waals surface area contributed by atoms with Crippen molar-refractivity contribution in [3.63, 3.8) is 0 Å². The van der Waals surface area contributed by atoms with E-state index in [4.69, 9.17) is 15.4 Å². The number of anilines is 1. The highest BCUT2D eigenvalue weighted by molar-refractivity contribution is 5.77. The van der Waals surface area contributed by atoms with Crippen molar-refractivity contribution in [1.82, 2.24) is 4.57 Å². The molecule has 2 aromatic carbocycles. The van der Waals surface area contributed by atoms with Gasteiger partial charge in [0, 0.05) is 5.69 Å². The molecule has 0 fully saturated rings. The number of benzene rings is 2. The number of hydrogen-bond donors (Lipinski definition) is 1. The highest BCUT2D eigenvalue weighted by atomic mass is 19.1. The zero-order valence-corrected chi connectivity index (χ0v) is 10.8. The number of nitrogens with zero attached hydrogens (tertiary/aromatic N) is 2. The average Bonchev–Trinajstić information content (AvgIpc) is 2.74. The number of oxazole rings is 1. The van der Waals surface area contributed by atoms with Crippen molar-refractivity contribution in [2.45, 2.75) is 6.54 Å². The molecule has 0 aliphatic carbocycles. The normalized spacial score (nSPS) is 10.7. The SMILES string of the molecule is N#Cc1cc(F)cc(Cn2c(=O)oc3ccc(N)cc32)c1. The van der Waals surface area contributed by atoms with E-state index in [0.29, 0.717) is 22.4 Å². The summed E-state index contributed by atoms with van der Waals surface area (Å²) in [6, 6.07) is 10.7. The highest BCUT2D eigenvalue weighted by Crippen LogP contribution is 2.18. The maximum absolute atomic E-state index is 13.4. The van der Waals surface area contributed by atoms with Gasteiger partial charge in [0.25, 0.3) is 0 Å². The standard InChI is InChI=1S/C15H10FN3O2/c16-11-4-9(7-17)3-10(5-11)8-19-13-6-12(18)1-2-14(13)21-15(19)20/h1-6H,8,18H2. The Balaban J connectivity index is 2.12. The van der Waals surface area contributed by atoms with Crippen molar-refractivity contribution in [2.24, 2.45) is 0 Å². The van der Waals surface area contributed by atoms with Crippen LogP contribution in [0.3, 0.4) is 0 Å². The highest BCUT2D eigenvalue weighted by Gasteiger charge is 2.11. The van der Waals surface area contributed by atoms with Crippen LogP contribution in [0.4, 0.5) is 10.1 Å². The number of nitrogen functional groups attached to an aromatic ring is 1. The Labute approximate surface area is 118 Å². The van der Waals surface area contributed by atoms with Crippen LogP contribution in [0.25, 0.3) is 11.1 Å². The topological polar surface area (TPSA) is 85.0 Å². The molecule has 0 unspecified atom stereocenters. The number of nitriles is 1. The fourth-order valence-electron chi connectivity index (χ4n) is 2.22. The first-order valence-corrected chi connectivity index (χ1v) is 6.15. The summed E-state index contributed by atoms with van der Waals surface area (Å²) in [4.78, 5) is 11.9. The van der Waals surface area contributed by atoms with E-state index in [1.165, 1.54) is 16.7 Å². The van der Waals surface area contributed by atoms with Crippen molar-refractivity contribution in [1.29, 1.82) is 5.26 Å². The fourth-order valence-corrected chi connectivity index (χ4v) is 2.22. The van der Waals surface area contributed by atoms with Gasteiger partial charge in [0.1, 0.15) is 5.82 Å². The lowest BCUT2D eigenvalue weighted by molar-refractivity contribution is 0.517. The number of halogens is 1. The Bertz CT molecular complexity index is 934. The van der Waals surface area contributed by atoms with Crippen LogP contribution in [0, 0.1) is 17.1 Å². The van der Waals surface area contributed by atoms with E-state index >= 15 is 0 Å². The van der Waals surface area contributed by atoms with Gasteiger partial charge in [-0.15, -0.1) is 0 Å². The van der Waals surface area contributed by atoms with Crippen molar-refractivity contribution in [3.8, 4) is 6.07 Å². The van der Waals surface area contributed by atoms with E-state index < -0.39 is 11.6 Å². The van der Waals surface area contributed by atoms with Crippen LogP contribution in [0.2, 0.25) is 0 Å². The minimum absolute atomic E-state index is 0.0989. The van der Waals surface area contributed by atoms with Crippen LogP contribution in [0.15, 0.2) is 45.6 Å². The molecule has 0 radical (unpaired) electrons. The van der Waals surface area contributed by atoms with Gasteiger partial charge >= 0.3 is 5.76 Å². The van der Waals surface area contributed by atoms with Gasteiger partial charge in [-0.2, -0.15) is 5.26 Å². The number of rotatable bonds is 2. The Morgan fingerprint density at radius 1 is 1.29 bits per heavy atom. The van der Waals surface area contributed by atoms with E-state index in [1.807, 2.05) is 6.07 Å². The third-order valence-corrected chi connectivity index (χ3v) is 3.12. The molecule has 3 aromatic rings. The maximum atomic E-state index is 13.4. The van der Waals surface area contributed by atoms with Crippen LogP contribution in [0.5, 0.6) is 0 Å². The molecule has 2 N–H and O–H groups in total. The molecule has 21 heavy (non-hydrogen) atoms. The third kappa shape index (κ3) is 2.37. The molecule has 5 nitrogen and oxygen atoms in total. The summed E-state index contributed by atoms with van der Waals surface area (Å²) in [5.41, 5.74) is 7.84. The van der Waals surface area contributed by atoms with Crippen molar-refractivity contribution < 1.29 is 8.81 Å². The second kappa shape index (κ2) is 4.80. The van der Waals surface area contributed by atoms with E-state index in [0.717, 1.165) is 6.07 Å². The van der Waals surface area contributed by atoms with E-state index in [1.54, 1.807) is 18.2 Å². The smallest absolute Gasteiger partial charge is 0.408 e. The van der Waals surface area contributed by atoms with Gasteiger partial charge < -0.3 is 10.2 Å². The molecule has 1 aromatic heterocycles. The zero-order chi connectivity index (χ0) is 15.0. The van der Waals surface area contributed by atoms with Crippen molar-refractivity contribution >= 4 is 16.8 Å². The molecule has 1 heterocycles. The number of fused-ring (bicyclic) bond motifs is 1. The Morgan fingerprint density at radius 3 is 2.86 bits per heavy atom. The Morgan fingerprint density at radius 2 is 2.10 bits per heavy atom. The summed E-state index contributed by atoms with van der Waals surface area (Å²) in [7, 11) is 0. The Kier molecular flexibility index (Phi) is 2.95. The summed E-state index contributed by atoms with van der Waals surface area (Å²) in [6.07, 6.45) is 0. The molecule has 0 bridgehead atoms. The first-order valence-electron chi connectivity index (χ1n) is 6.15. The van der Waals surface area contributed by atoms with Gasteiger partial charge in [0.05, 0.1) is 23.7 Å². The van der Waals surface area contributed by atoms with Crippen LogP contribution in [0.1, 0.15) is 11.1 Å². The largest absolute Gasteiger partial charge is 0.420 e. The number of hydrogen-bond acceptors (Lipinski definition) is 4. The summed E-state index contributed by atoms with van der Waals surface area (Å²) in [6.45, 7) is 0.0989. The lowest BCUT2D eigenvalue weighted by Gasteiger charge is -2.04. The minimum Gasteiger partial charge on any atom is -0.408 e. The summed E-state index contributed by atoms with van der Waals surface area (Å²) >= 11 is 0. The molecular formula is C15H10FN3O2. The lowest BCUT2D eigenvalue weighted by Crippen LogP contribution is -2.15. The second-order valence-electron chi connectivity index (χ2n) is 4.64. The quantitative estimate of drug-likeness (QED) is 0.731. The molecule has 0 saturated heterocycles. The zero-order valence-electron chi connectivity index (χ0n) is 10.8. The van der Waals surface area contributed by atoms with E-state index in [-0.39, 0.29) is 12.1 Å². The molecule has 104 valence electrons. The van der Waals surface area contributed by atoms with Crippen LogP contribution < -0.4 is 11.5 Å². The van der Waals surface area contributed by atoms with E-state index in [2.05, 4.69) is 0 Å². The predicted octanol–water partition coefficient (Wildman–Crippen LogP) is 2.24. The first-order chi connectivity index (χ1) is 10.1. The molecule has 0 saturated carbocycles. The molecule has 0 amide bonds. The van der Waals surface area contributed by atoms with Crippen LogP contribution >= 0.6 is 0 Å². The summed E-state index contributed by atoms with van der Waals surface area (Å²) < 4.78 is 19.9. The molecule has 0 spiro atoms. The average molecular weight is 283 g/mol. The van der Waals surface area contributed by atoms with E-state index in [9.17, 15) is 9.18 Å². The number of aromatic nitrogens is 1. The van der Waals surface area contributed by atoms with Crippen molar-refractivity contribution in [3.05, 3.63) is 63.9 Å². The Hall–Kier alpha value is -3.07. The van der Waals surface area contributed by atoms with Crippen LogP contribution in [-0.4, -0.2) is 4.57 Å². The number of nitrogens with two attached hydrogens (primary N) is 1. The van der Waals surface area contributed by atoms with Crippen molar-refractivity contribution in [2.75, 3.05) is 5.73 Å². The molecule has 3 rings (SSSR count). The van der Waals surface area contributed by atoms with Gasteiger partial charge in [0.2, 0.25) is 0 Å². The molecule has 6 heteroatoms. The van der Waals surface area contributed by atoms with Gasteiger partial charge in [-0.3, -0.25) is 4.57 Å². The molecular weight excluding hydrogens is 273 g/mol. The van der Waals surface area contributed by atoms with Gasteiger partial charge in [0.15, 0.2) is 5.58 Å². The summed E-state index contributed by atoms with van der Waals surface area (Å²) in [5, 5.41) is 8.86. The first kappa shape index (κ1) is 12.9. The molecule has 0 aliphatic rings. The molecule has 0 atom stereocenters. The van der Waals surface area contributed by atoms with Crippen LogP contribution in [-0.2, 0) is 6.54 Å². The minimum atomic E-state index is -0.557. The summed E-state index contributed by atoms with van der Waals surface area (Å²) in [5.74, 6) is -1.08. The predicted molar refractivity (Wildman–Crippen MR) is 75.1 cm³/mol. The second-order valence-corrected chi connectivity index (χ2v) is 4.64. The lowest BCUT2D eigenvalue weighted by atomic mass is 10.1. The van der Waals surface area contributed by atoms with Gasteiger partial charge in [-0.25, -0.2) is 9.18 Å². The van der Waals surface area contributed by atoms with Gasteiger partial charge in [-0.05, 0) is 42.0 Å². The fraction of sp³-hybridized carbons (Fsp3) is 0.0667. The van der Waals surface area contributed by atoms with Gasteiger partial charge in [-0.1, -0.05) is 0 Å². The third-order valence-electron chi connectivity index (χ3n) is 3.12. The maximum Gasteiger partial charge on any atom is 0.420 e. The molecule has 0 aliphatic heterocycles. The monoisotopic (exact) mass is 283 g/mol.